The van der Waals surface area contributed by atoms with Crippen molar-refractivity contribution in [3.05, 3.63) is 45.8 Å². The van der Waals surface area contributed by atoms with Crippen molar-refractivity contribution < 1.29 is 9.13 Å². The molecule has 0 aliphatic rings. The lowest BCUT2D eigenvalue weighted by atomic mass is 10.2. The summed E-state index contributed by atoms with van der Waals surface area (Å²) in [5.41, 5.74) is 6.82. The zero-order valence-electron chi connectivity index (χ0n) is 11.2. The lowest BCUT2D eigenvalue weighted by Crippen LogP contribution is -2.19. The summed E-state index contributed by atoms with van der Waals surface area (Å²) in [5.74, 6) is 0.710. The van der Waals surface area contributed by atoms with Gasteiger partial charge in [0.25, 0.3) is 0 Å². The van der Waals surface area contributed by atoms with Crippen molar-refractivity contribution in [2.45, 2.75) is 19.4 Å². The molecule has 4 nitrogen and oxygen atoms in total. The van der Waals surface area contributed by atoms with Crippen molar-refractivity contribution in [2.75, 3.05) is 0 Å². The van der Waals surface area contributed by atoms with Gasteiger partial charge in [0.1, 0.15) is 11.6 Å². The second-order valence-electron chi connectivity index (χ2n) is 4.78. The number of rotatable bonds is 4. The van der Waals surface area contributed by atoms with E-state index in [4.69, 9.17) is 10.5 Å². The maximum absolute atomic E-state index is 13.3. The van der Waals surface area contributed by atoms with Crippen LogP contribution < -0.4 is 10.5 Å². The van der Waals surface area contributed by atoms with Crippen LogP contribution in [-0.4, -0.2) is 15.4 Å². The number of fused-ring (bicyclic) bond motifs is 1. The monoisotopic (exact) mass is 369 g/mol. The fraction of sp³-hybridized carbons (Fsp3) is 0.214. The molecule has 21 heavy (non-hydrogen) atoms. The van der Waals surface area contributed by atoms with Crippen LogP contribution in [-0.2, 0) is 6.42 Å². The highest BCUT2D eigenvalue weighted by atomic mass is 79.9. The molecule has 2 N–H and O–H groups in total. The topological polar surface area (TPSA) is 52.5 Å². The molecule has 0 saturated heterocycles. The summed E-state index contributed by atoms with van der Waals surface area (Å²) in [6.07, 6.45) is 2.59. The first kappa shape index (κ1) is 14.5. The van der Waals surface area contributed by atoms with Crippen molar-refractivity contribution >= 4 is 32.2 Å². The molecule has 2 heterocycles. The summed E-state index contributed by atoms with van der Waals surface area (Å²) in [7, 11) is 0. The van der Waals surface area contributed by atoms with Gasteiger partial charge in [-0.3, -0.25) is 4.40 Å². The Labute approximate surface area is 133 Å². The predicted molar refractivity (Wildman–Crippen MR) is 84.6 cm³/mol. The van der Waals surface area contributed by atoms with Gasteiger partial charge in [-0.25, -0.2) is 4.39 Å². The van der Waals surface area contributed by atoms with Gasteiger partial charge in [0.05, 0.1) is 10.2 Å². The summed E-state index contributed by atoms with van der Waals surface area (Å²) >= 11 is 4.67. The van der Waals surface area contributed by atoms with Crippen LogP contribution in [0.15, 0.2) is 34.2 Å². The number of hydrogen-bond donors (Lipinski definition) is 1. The lowest BCUT2D eigenvalue weighted by molar-refractivity contribution is 0.454. The number of nitrogens with two attached hydrogens (primary N) is 1. The zero-order chi connectivity index (χ0) is 15.0. The van der Waals surface area contributed by atoms with E-state index in [0.29, 0.717) is 22.5 Å². The Morgan fingerprint density at radius 2 is 2.33 bits per heavy atom. The van der Waals surface area contributed by atoms with Crippen molar-refractivity contribution in [3.8, 4) is 11.6 Å². The summed E-state index contributed by atoms with van der Waals surface area (Å²) in [4.78, 5) is 5.32. The van der Waals surface area contributed by atoms with Crippen LogP contribution in [0.4, 0.5) is 4.39 Å². The second kappa shape index (κ2) is 5.75. The molecule has 110 valence electrons. The molecular formula is C14H13BrFN3OS. The van der Waals surface area contributed by atoms with E-state index in [9.17, 15) is 4.39 Å². The van der Waals surface area contributed by atoms with Gasteiger partial charge in [0.15, 0.2) is 4.96 Å². The average molecular weight is 370 g/mol. The summed E-state index contributed by atoms with van der Waals surface area (Å²) in [5, 5.41) is 1.96. The van der Waals surface area contributed by atoms with Crippen LogP contribution in [0.5, 0.6) is 11.6 Å². The quantitative estimate of drug-likeness (QED) is 0.756. The molecule has 1 aromatic carbocycles. The van der Waals surface area contributed by atoms with E-state index in [-0.39, 0.29) is 11.9 Å². The molecular weight excluding hydrogens is 357 g/mol. The Balaban J connectivity index is 1.98. The Bertz CT molecular complexity index is 784. The summed E-state index contributed by atoms with van der Waals surface area (Å²) in [6, 6.07) is 4.50. The molecule has 0 fully saturated rings. The highest BCUT2D eigenvalue weighted by Crippen LogP contribution is 2.30. The van der Waals surface area contributed by atoms with E-state index in [2.05, 4.69) is 20.9 Å². The zero-order valence-corrected chi connectivity index (χ0v) is 13.6. The van der Waals surface area contributed by atoms with Crippen LogP contribution >= 0.6 is 27.3 Å². The first-order valence-electron chi connectivity index (χ1n) is 6.37. The fourth-order valence-electron chi connectivity index (χ4n) is 2.04. The first-order chi connectivity index (χ1) is 10.0. The number of benzene rings is 1. The molecule has 2 aromatic heterocycles. The van der Waals surface area contributed by atoms with E-state index < -0.39 is 0 Å². The van der Waals surface area contributed by atoms with E-state index in [1.165, 1.54) is 17.4 Å². The van der Waals surface area contributed by atoms with Crippen LogP contribution in [0.25, 0.3) is 4.96 Å². The normalized spacial score (nSPS) is 12.8. The van der Waals surface area contributed by atoms with Gasteiger partial charge in [0, 0.05) is 24.0 Å². The third-order valence-corrected chi connectivity index (χ3v) is 4.31. The maximum atomic E-state index is 13.3. The minimum atomic E-state index is -0.330. The minimum absolute atomic E-state index is 0.00731. The Hall–Kier alpha value is -1.44. The van der Waals surface area contributed by atoms with Crippen molar-refractivity contribution in [1.82, 2.24) is 9.38 Å². The molecule has 0 radical (unpaired) electrons. The molecule has 0 bridgehead atoms. The van der Waals surface area contributed by atoms with Crippen molar-refractivity contribution in [2.24, 2.45) is 5.73 Å². The van der Waals surface area contributed by atoms with Crippen molar-refractivity contribution in [1.29, 1.82) is 0 Å². The number of imidazole rings is 1. The predicted octanol–water partition coefficient (Wildman–Crippen LogP) is 3.98. The maximum Gasteiger partial charge on any atom is 0.242 e. The molecule has 0 amide bonds. The Morgan fingerprint density at radius 3 is 3.05 bits per heavy atom. The number of ether oxygens (including phenoxy) is 1. The van der Waals surface area contributed by atoms with Crippen LogP contribution in [0.1, 0.15) is 12.6 Å². The third kappa shape index (κ3) is 2.95. The standard InChI is InChI=1S/C14H13BrFN3OS/c1-8(17)6-12-13(18-14-19(12)4-5-21-14)20-9-2-3-11(16)10(15)7-9/h2-5,7-8H,6,17H2,1H3. The van der Waals surface area contributed by atoms with Gasteiger partial charge >= 0.3 is 0 Å². The van der Waals surface area contributed by atoms with Crippen molar-refractivity contribution in [3.63, 3.8) is 0 Å². The highest BCUT2D eigenvalue weighted by Gasteiger charge is 2.17. The second-order valence-corrected chi connectivity index (χ2v) is 6.51. The average Bonchev–Trinajstić information content (AvgIpc) is 2.97. The molecule has 0 saturated carbocycles. The number of halogens is 2. The molecule has 3 rings (SSSR count). The number of thiazole rings is 1. The summed E-state index contributed by atoms with van der Waals surface area (Å²) < 4.78 is 21.4. The Kier molecular flexibility index (Phi) is 3.97. The molecule has 1 unspecified atom stereocenters. The molecule has 3 aromatic rings. The lowest BCUT2D eigenvalue weighted by Gasteiger charge is -2.08. The molecule has 0 aliphatic carbocycles. The van der Waals surface area contributed by atoms with Gasteiger partial charge in [-0.05, 0) is 41.1 Å². The van der Waals surface area contributed by atoms with Crippen LogP contribution in [0.3, 0.4) is 0 Å². The number of nitrogens with zero attached hydrogens (tertiary/aromatic N) is 2. The number of hydrogen-bond acceptors (Lipinski definition) is 4. The first-order valence-corrected chi connectivity index (χ1v) is 8.05. The molecule has 1 atom stereocenters. The molecule has 0 aliphatic heterocycles. The summed E-state index contributed by atoms with van der Waals surface area (Å²) in [6.45, 7) is 1.93. The van der Waals surface area contributed by atoms with Crippen LogP contribution in [0, 0.1) is 5.82 Å². The van der Waals surface area contributed by atoms with Gasteiger partial charge in [-0.1, -0.05) is 0 Å². The van der Waals surface area contributed by atoms with Gasteiger partial charge in [-0.2, -0.15) is 4.98 Å². The highest BCUT2D eigenvalue weighted by molar-refractivity contribution is 9.10. The van der Waals surface area contributed by atoms with E-state index >= 15 is 0 Å². The fourth-order valence-corrected chi connectivity index (χ4v) is 3.12. The van der Waals surface area contributed by atoms with Gasteiger partial charge < -0.3 is 10.5 Å². The molecule has 7 heteroatoms. The SMILES string of the molecule is CC(N)Cc1c(Oc2ccc(F)c(Br)c2)nc2sccn12. The Morgan fingerprint density at radius 1 is 1.52 bits per heavy atom. The third-order valence-electron chi connectivity index (χ3n) is 2.95. The molecule has 0 spiro atoms. The smallest absolute Gasteiger partial charge is 0.242 e. The number of aromatic nitrogens is 2. The van der Waals surface area contributed by atoms with E-state index in [0.717, 1.165) is 10.7 Å². The van der Waals surface area contributed by atoms with Gasteiger partial charge in [0.2, 0.25) is 5.88 Å². The largest absolute Gasteiger partial charge is 0.437 e. The van der Waals surface area contributed by atoms with Gasteiger partial charge in [-0.15, -0.1) is 11.3 Å². The van der Waals surface area contributed by atoms with E-state index in [1.54, 1.807) is 12.1 Å². The van der Waals surface area contributed by atoms with E-state index in [1.807, 2.05) is 22.9 Å². The minimum Gasteiger partial charge on any atom is -0.437 e. The van der Waals surface area contributed by atoms with Crippen LogP contribution in [0.2, 0.25) is 0 Å².